The van der Waals surface area contributed by atoms with Gasteiger partial charge in [0.1, 0.15) is 0 Å². The van der Waals surface area contributed by atoms with E-state index in [4.69, 9.17) is 4.74 Å². The fourth-order valence-corrected chi connectivity index (χ4v) is 1.55. The molecule has 1 aliphatic rings. The minimum absolute atomic E-state index is 0.0758. The van der Waals surface area contributed by atoms with Crippen molar-refractivity contribution in [2.75, 3.05) is 14.1 Å². The van der Waals surface area contributed by atoms with Crippen molar-refractivity contribution in [2.24, 2.45) is 0 Å². The van der Waals surface area contributed by atoms with E-state index >= 15 is 0 Å². The van der Waals surface area contributed by atoms with Crippen molar-refractivity contribution in [3.63, 3.8) is 0 Å². The van der Waals surface area contributed by atoms with Crippen LogP contribution in [0.2, 0.25) is 0 Å². The van der Waals surface area contributed by atoms with Gasteiger partial charge in [0.05, 0.1) is 6.10 Å². The molecule has 3 atom stereocenters. The van der Waals surface area contributed by atoms with Gasteiger partial charge in [-0.1, -0.05) is 0 Å². The van der Waals surface area contributed by atoms with Crippen molar-refractivity contribution in [1.82, 2.24) is 4.90 Å². The molecular weight excluding hydrogens is 161 g/mol. The summed E-state index contributed by atoms with van der Waals surface area (Å²) in [5.41, 5.74) is 0. The van der Waals surface area contributed by atoms with E-state index in [1.54, 1.807) is 0 Å². The molecule has 0 radical (unpaired) electrons. The van der Waals surface area contributed by atoms with E-state index in [0.29, 0.717) is 12.5 Å². The maximum absolute atomic E-state index is 11.8. The number of nitrogens with zero attached hydrogens (tertiary/aromatic N) is 1. The number of rotatable bonds is 2. The van der Waals surface area contributed by atoms with E-state index in [1.807, 2.05) is 21.0 Å². The second kappa shape index (κ2) is 4.16. The first-order valence-electron chi connectivity index (χ1n) is 4.22. The van der Waals surface area contributed by atoms with Crippen LogP contribution in [0.5, 0.6) is 0 Å². The average Bonchev–Trinajstić information content (AvgIpc) is 2.03. The number of hydrogen-bond acceptors (Lipinski definition) is 3. The third-order valence-corrected chi connectivity index (χ3v) is 2.28. The van der Waals surface area contributed by atoms with E-state index in [-0.39, 0.29) is 6.10 Å². The lowest BCUT2D eigenvalue weighted by atomic mass is 10.0. The van der Waals surface area contributed by atoms with Gasteiger partial charge in [-0.3, -0.25) is 0 Å². The topological polar surface area (TPSA) is 21.7 Å². The third kappa shape index (κ3) is 2.40. The van der Waals surface area contributed by atoms with Crippen LogP contribution >= 0.6 is 0 Å². The minimum atomic E-state index is -0.679. The molecule has 0 bridgehead atoms. The van der Waals surface area contributed by atoms with Gasteiger partial charge in [0, 0.05) is 12.5 Å². The first kappa shape index (κ1) is 9.89. The van der Waals surface area contributed by atoms with E-state index in [2.05, 4.69) is 9.84 Å². The first-order valence-corrected chi connectivity index (χ1v) is 4.22. The van der Waals surface area contributed by atoms with Gasteiger partial charge in [-0.2, -0.15) is 4.94 Å². The summed E-state index contributed by atoms with van der Waals surface area (Å²) in [6, 6.07) is 0.356. The molecule has 1 aliphatic heterocycles. The predicted octanol–water partition coefficient (Wildman–Crippen LogP) is 1.34. The van der Waals surface area contributed by atoms with Crippen molar-refractivity contribution in [3.8, 4) is 0 Å². The Bertz CT molecular complexity index is 143. The average molecular weight is 177 g/mol. The summed E-state index contributed by atoms with van der Waals surface area (Å²) in [4.78, 5) is 5.77. The van der Waals surface area contributed by atoms with E-state index < -0.39 is 6.29 Å². The van der Waals surface area contributed by atoms with Crippen LogP contribution in [0.4, 0.5) is 4.53 Å². The molecule has 0 spiro atoms. The van der Waals surface area contributed by atoms with Crippen molar-refractivity contribution in [1.29, 1.82) is 0 Å². The highest BCUT2D eigenvalue weighted by molar-refractivity contribution is 4.76. The second-order valence-electron chi connectivity index (χ2n) is 3.55. The maximum Gasteiger partial charge on any atom is 0.198 e. The molecule has 12 heavy (non-hydrogen) atoms. The van der Waals surface area contributed by atoms with Gasteiger partial charge < -0.3 is 9.64 Å². The Balaban J connectivity index is 2.45. The Kier molecular flexibility index (Phi) is 3.43. The summed E-state index contributed by atoms with van der Waals surface area (Å²) < 4.78 is 17.0. The van der Waals surface area contributed by atoms with E-state index in [9.17, 15) is 4.53 Å². The lowest BCUT2D eigenvalue weighted by Gasteiger charge is -2.34. The van der Waals surface area contributed by atoms with Gasteiger partial charge in [0.15, 0.2) is 6.29 Å². The quantitative estimate of drug-likeness (QED) is 0.635. The highest BCUT2D eigenvalue weighted by Crippen LogP contribution is 2.22. The molecule has 2 unspecified atom stereocenters. The van der Waals surface area contributed by atoms with Gasteiger partial charge in [0.25, 0.3) is 0 Å². The zero-order valence-electron chi connectivity index (χ0n) is 7.79. The molecule has 4 heteroatoms. The molecule has 0 saturated carbocycles. The smallest absolute Gasteiger partial charge is 0.198 e. The highest BCUT2D eigenvalue weighted by Gasteiger charge is 2.29. The molecule has 1 saturated heterocycles. The molecule has 0 N–H and O–H groups in total. The normalized spacial score (nSPS) is 37.2. The molecule has 3 nitrogen and oxygen atoms in total. The van der Waals surface area contributed by atoms with Crippen LogP contribution in [0.25, 0.3) is 0 Å². The van der Waals surface area contributed by atoms with Crippen molar-refractivity contribution in [2.45, 2.75) is 38.2 Å². The predicted molar refractivity (Wildman–Crippen MR) is 43.2 cm³/mol. The number of ether oxygens (including phenoxy) is 1. The molecule has 0 aromatic rings. The zero-order chi connectivity index (χ0) is 9.14. The SMILES string of the molecule is C[C@@H]1CC(N(C)C)CC(OF)O1. The summed E-state index contributed by atoms with van der Waals surface area (Å²) in [5, 5.41) is 0. The van der Waals surface area contributed by atoms with Crippen LogP contribution < -0.4 is 0 Å². The van der Waals surface area contributed by atoms with E-state index in [1.165, 1.54) is 0 Å². The summed E-state index contributed by atoms with van der Waals surface area (Å²) in [6.45, 7) is 1.93. The van der Waals surface area contributed by atoms with Crippen molar-refractivity contribution >= 4 is 0 Å². The molecule has 0 amide bonds. The van der Waals surface area contributed by atoms with E-state index in [0.717, 1.165) is 6.42 Å². The third-order valence-electron chi connectivity index (χ3n) is 2.28. The van der Waals surface area contributed by atoms with Gasteiger partial charge in [-0.15, -0.1) is 0 Å². The second-order valence-corrected chi connectivity index (χ2v) is 3.55. The van der Waals surface area contributed by atoms with Crippen molar-refractivity contribution in [3.05, 3.63) is 0 Å². The van der Waals surface area contributed by atoms with Gasteiger partial charge in [-0.05, 0) is 32.0 Å². The molecular formula is C8H16FNO2. The van der Waals surface area contributed by atoms with Gasteiger partial charge in [0.2, 0.25) is 0 Å². The summed E-state index contributed by atoms with van der Waals surface area (Å²) in [7, 11) is 3.97. The summed E-state index contributed by atoms with van der Waals surface area (Å²) >= 11 is 0. The fourth-order valence-electron chi connectivity index (χ4n) is 1.55. The summed E-state index contributed by atoms with van der Waals surface area (Å²) in [6.07, 6.45) is 0.939. The highest BCUT2D eigenvalue weighted by atomic mass is 19.3. The molecule has 1 fully saturated rings. The molecule has 1 rings (SSSR count). The number of halogens is 1. The lowest BCUT2D eigenvalue weighted by molar-refractivity contribution is -0.304. The standard InChI is InChI=1S/C8H16FNO2/c1-6-4-7(10(2)3)5-8(11-6)12-9/h6-8H,4-5H2,1-3H3/t6-,7?,8?/m1/s1. The summed E-state index contributed by atoms with van der Waals surface area (Å²) in [5.74, 6) is 0. The van der Waals surface area contributed by atoms with Gasteiger partial charge in [-0.25, -0.2) is 0 Å². The van der Waals surface area contributed by atoms with Crippen LogP contribution in [0, 0.1) is 0 Å². The monoisotopic (exact) mass is 177 g/mol. The maximum atomic E-state index is 11.8. The molecule has 0 aromatic carbocycles. The zero-order valence-corrected chi connectivity index (χ0v) is 7.79. The van der Waals surface area contributed by atoms with Crippen LogP contribution in [0.15, 0.2) is 0 Å². The Morgan fingerprint density at radius 2 is 2.08 bits per heavy atom. The molecule has 72 valence electrons. The Morgan fingerprint density at radius 3 is 2.58 bits per heavy atom. The van der Waals surface area contributed by atoms with Crippen LogP contribution in [-0.4, -0.2) is 37.4 Å². The molecule has 0 aliphatic carbocycles. The largest absolute Gasteiger partial charge is 0.346 e. The van der Waals surface area contributed by atoms with Crippen LogP contribution in [0.1, 0.15) is 19.8 Å². The fraction of sp³-hybridized carbons (Fsp3) is 1.00. The van der Waals surface area contributed by atoms with Crippen LogP contribution in [-0.2, 0) is 9.68 Å². The Labute approximate surface area is 72.3 Å². The molecule has 1 heterocycles. The Hall–Kier alpha value is -0.190. The minimum Gasteiger partial charge on any atom is -0.346 e. The van der Waals surface area contributed by atoms with Crippen molar-refractivity contribution < 1.29 is 14.2 Å². The lowest BCUT2D eigenvalue weighted by Crippen LogP contribution is -2.41. The van der Waals surface area contributed by atoms with Gasteiger partial charge >= 0.3 is 0 Å². The number of hydrogen-bond donors (Lipinski definition) is 0. The Morgan fingerprint density at radius 1 is 1.42 bits per heavy atom. The first-order chi connectivity index (χ1) is 5.63. The molecule has 0 aromatic heterocycles. The van der Waals surface area contributed by atoms with Crippen LogP contribution in [0.3, 0.4) is 0 Å².